The van der Waals surface area contributed by atoms with Crippen molar-refractivity contribution in [1.29, 1.82) is 10.8 Å². The zero-order valence-electron chi connectivity index (χ0n) is 21.1. The highest BCUT2D eigenvalue weighted by molar-refractivity contribution is 8.24. The van der Waals surface area contributed by atoms with Crippen LogP contribution >= 0.6 is 23.1 Å². The second kappa shape index (κ2) is 11.9. The number of carbonyl (C=O) groups excluding carboxylic acids is 2. The van der Waals surface area contributed by atoms with Gasteiger partial charge in [-0.25, -0.2) is 0 Å². The van der Waals surface area contributed by atoms with Crippen molar-refractivity contribution in [2.75, 3.05) is 13.1 Å². The van der Waals surface area contributed by atoms with E-state index >= 15 is 0 Å². The fourth-order valence-electron chi connectivity index (χ4n) is 4.79. The number of carbonyl (C=O) groups is 2. The van der Waals surface area contributed by atoms with Gasteiger partial charge in [-0.2, -0.15) is 0 Å². The molecule has 0 saturated carbocycles. The average Bonchev–Trinajstić information content (AvgIpc) is 3.39. The first kappa shape index (κ1) is 26.8. The molecule has 0 bridgehead atoms. The third-order valence-electron chi connectivity index (χ3n) is 6.81. The predicted octanol–water partition coefficient (Wildman–Crippen LogP) is 6.59. The van der Waals surface area contributed by atoms with Crippen LogP contribution in [0.5, 0.6) is 0 Å². The van der Waals surface area contributed by atoms with E-state index < -0.39 is 5.41 Å². The van der Waals surface area contributed by atoms with Crippen LogP contribution in [0.2, 0.25) is 0 Å². The quantitative estimate of drug-likeness (QED) is 0.236. The maximum absolute atomic E-state index is 13.3. The monoisotopic (exact) mass is 532 g/mol. The molecule has 0 spiro atoms. The molecular weight excluding hydrogens is 500 g/mol. The van der Waals surface area contributed by atoms with Crippen molar-refractivity contribution in [3.05, 3.63) is 82.7 Å². The lowest BCUT2D eigenvalue weighted by molar-refractivity contribution is -0.128. The summed E-state index contributed by atoms with van der Waals surface area (Å²) in [4.78, 5) is 30.2. The average molecular weight is 533 g/mol. The molecule has 8 heteroatoms. The number of amidine groups is 1. The van der Waals surface area contributed by atoms with Gasteiger partial charge in [0.05, 0.1) is 11.0 Å². The molecule has 2 heterocycles. The number of nitrogens with zero attached hydrogens (tertiary/aromatic N) is 1. The van der Waals surface area contributed by atoms with Gasteiger partial charge >= 0.3 is 0 Å². The molecule has 4 rings (SSSR count). The van der Waals surface area contributed by atoms with E-state index in [4.69, 9.17) is 10.8 Å². The number of rotatable bonds is 7. The summed E-state index contributed by atoms with van der Waals surface area (Å²) < 4.78 is 0. The molecule has 0 radical (unpaired) electrons. The van der Waals surface area contributed by atoms with Crippen LogP contribution in [-0.4, -0.2) is 40.5 Å². The van der Waals surface area contributed by atoms with Gasteiger partial charge in [-0.1, -0.05) is 56.3 Å². The molecule has 1 saturated heterocycles. The maximum Gasteiger partial charge on any atom is 0.253 e. The second-order valence-corrected chi connectivity index (χ2v) is 11.7. The van der Waals surface area contributed by atoms with Crippen LogP contribution in [0.1, 0.15) is 59.8 Å². The van der Waals surface area contributed by atoms with Crippen LogP contribution in [0.3, 0.4) is 0 Å². The molecule has 1 aromatic heterocycles. The van der Waals surface area contributed by atoms with E-state index in [0.29, 0.717) is 5.56 Å². The van der Waals surface area contributed by atoms with Crippen LogP contribution in [0.4, 0.5) is 0 Å². The highest BCUT2D eigenvalue weighted by atomic mass is 32.2. The third-order valence-corrected chi connectivity index (χ3v) is 8.47. The standard InChI is InChI=1S/C29H32N4O2S2/c1-29(2,27(35)32-28(31)36-19-30)25(21-9-5-3-6-10-21)24-16-15-23(37-24)20-11-13-22(14-12-20)26(34)33-17-7-4-8-18-33/h3,5-6,9-16,19,25,30H,4,7-8,17-18H2,1-2H3,(H2,31,32,35). The van der Waals surface area contributed by atoms with Crippen molar-refractivity contribution in [3.63, 3.8) is 0 Å². The number of piperidine rings is 1. The van der Waals surface area contributed by atoms with Gasteiger partial charge < -0.3 is 15.6 Å². The van der Waals surface area contributed by atoms with E-state index in [0.717, 1.165) is 64.1 Å². The van der Waals surface area contributed by atoms with Crippen molar-refractivity contribution < 1.29 is 9.59 Å². The Morgan fingerprint density at radius 3 is 2.32 bits per heavy atom. The summed E-state index contributed by atoms with van der Waals surface area (Å²) in [7, 11) is 0. The van der Waals surface area contributed by atoms with E-state index in [2.05, 4.69) is 17.4 Å². The molecule has 1 unspecified atom stereocenters. The first-order valence-electron chi connectivity index (χ1n) is 12.4. The molecule has 2 amide bonds. The number of thioether (sulfide) groups is 1. The van der Waals surface area contributed by atoms with Gasteiger partial charge in [0.15, 0.2) is 5.17 Å². The lowest BCUT2D eigenvalue weighted by atomic mass is 9.73. The van der Waals surface area contributed by atoms with Gasteiger partial charge in [0.25, 0.3) is 5.91 Å². The van der Waals surface area contributed by atoms with Gasteiger partial charge in [0, 0.05) is 34.3 Å². The number of nitrogens with one attached hydrogen (secondary N) is 3. The molecule has 2 aromatic carbocycles. The third kappa shape index (κ3) is 6.19. The van der Waals surface area contributed by atoms with Crippen molar-refractivity contribution in [3.8, 4) is 10.4 Å². The minimum Gasteiger partial charge on any atom is -0.339 e. The first-order valence-corrected chi connectivity index (χ1v) is 14.1. The first-order chi connectivity index (χ1) is 17.8. The molecule has 1 atom stereocenters. The van der Waals surface area contributed by atoms with Gasteiger partial charge in [-0.15, -0.1) is 11.3 Å². The predicted molar refractivity (Wildman–Crippen MR) is 154 cm³/mol. The molecule has 1 fully saturated rings. The Balaban J connectivity index is 1.60. The van der Waals surface area contributed by atoms with Crippen LogP contribution in [0.15, 0.2) is 66.7 Å². The van der Waals surface area contributed by atoms with E-state index in [9.17, 15) is 9.59 Å². The largest absolute Gasteiger partial charge is 0.339 e. The molecule has 3 aromatic rings. The number of thiophene rings is 1. The fraction of sp³-hybridized carbons (Fsp3) is 0.310. The van der Waals surface area contributed by atoms with Crippen LogP contribution in [-0.2, 0) is 4.79 Å². The highest BCUT2D eigenvalue weighted by Gasteiger charge is 2.40. The van der Waals surface area contributed by atoms with Gasteiger partial charge in [0.1, 0.15) is 0 Å². The second-order valence-electron chi connectivity index (χ2n) is 9.72. The Labute approximate surface area is 226 Å². The summed E-state index contributed by atoms with van der Waals surface area (Å²) in [5.74, 6) is -0.400. The number of likely N-dealkylation sites (tertiary alicyclic amines) is 1. The summed E-state index contributed by atoms with van der Waals surface area (Å²) in [6.45, 7) is 5.45. The molecule has 3 N–H and O–H groups in total. The molecule has 6 nitrogen and oxygen atoms in total. The Morgan fingerprint density at radius 1 is 1.00 bits per heavy atom. The van der Waals surface area contributed by atoms with Gasteiger partial charge in [-0.05, 0) is 66.4 Å². The van der Waals surface area contributed by atoms with Crippen LogP contribution in [0.25, 0.3) is 10.4 Å². The summed E-state index contributed by atoms with van der Waals surface area (Å²) in [6.07, 6.45) is 3.33. The summed E-state index contributed by atoms with van der Waals surface area (Å²) in [5.41, 5.74) is 2.94. The minimum absolute atomic E-state index is 0.0639. The zero-order valence-corrected chi connectivity index (χ0v) is 22.8. The van der Waals surface area contributed by atoms with E-state index in [1.165, 1.54) is 6.42 Å². The SMILES string of the molecule is CC(C)(C(=O)NC(=N)SC=N)C(c1ccccc1)c1ccc(-c2ccc(C(=O)N3CCCCC3)cc2)s1. The van der Waals surface area contributed by atoms with Crippen molar-refractivity contribution in [2.24, 2.45) is 5.41 Å². The molecule has 192 valence electrons. The van der Waals surface area contributed by atoms with Crippen LogP contribution < -0.4 is 5.32 Å². The highest BCUT2D eigenvalue weighted by Crippen LogP contribution is 2.45. The summed E-state index contributed by atoms with van der Waals surface area (Å²) in [6, 6.07) is 21.9. The molecular formula is C29H32N4O2S2. The lowest BCUT2D eigenvalue weighted by Crippen LogP contribution is -2.42. The number of hydrogen-bond donors (Lipinski definition) is 3. The maximum atomic E-state index is 13.3. The van der Waals surface area contributed by atoms with Crippen LogP contribution in [0, 0.1) is 16.2 Å². The van der Waals surface area contributed by atoms with Crippen molar-refractivity contribution in [1.82, 2.24) is 10.2 Å². The van der Waals surface area contributed by atoms with Crippen molar-refractivity contribution >= 4 is 45.6 Å². The zero-order chi connectivity index (χ0) is 26.4. The molecule has 37 heavy (non-hydrogen) atoms. The Bertz CT molecular complexity index is 1260. The molecule has 0 aliphatic carbocycles. The Morgan fingerprint density at radius 2 is 1.68 bits per heavy atom. The van der Waals surface area contributed by atoms with Gasteiger partial charge in [-0.3, -0.25) is 15.0 Å². The Kier molecular flexibility index (Phi) is 8.61. The minimum atomic E-state index is -0.858. The molecule has 1 aliphatic heterocycles. The summed E-state index contributed by atoms with van der Waals surface area (Å²) in [5, 5.41) is 17.7. The van der Waals surface area contributed by atoms with E-state index in [-0.39, 0.29) is 22.9 Å². The fourth-order valence-corrected chi connectivity index (χ4v) is 6.38. The Hall–Kier alpha value is -3.23. The van der Waals surface area contributed by atoms with E-state index in [1.807, 2.05) is 73.3 Å². The number of amides is 2. The topological polar surface area (TPSA) is 97.1 Å². The van der Waals surface area contributed by atoms with Gasteiger partial charge in [0.2, 0.25) is 5.91 Å². The summed E-state index contributed by atoms with van der Waals surface area (Å²) >= 11 is 2.50. The molecule has 1 aliphatic rings. The number of hydrogen-bond acceptors (Lipinski definition) is 6. The lowest BCUT2D eigenvalue weighted by Gasteiger charge is -2.33. The van der Waals surface area contributed by atoms with Crippen molar-refractivity contribution in [2.45, 2.75) is 39.0 Å². The number of benzene rings is 2. The normalized spacial score (nSPS) is 14.6. The smallest absolute Gasteiger partial charge is 0.253 e. The van der Waals surface area contributed by atoms with E-state index in [1.54, 1.807) is 11.3 Å².